The van der Waals surface area contributed by atoms with Crippen molar-refractivity contribution in [2.24, 2.45) is 0 Å². The molecule has 1 N–H and O–H groups in total. The SMILES string of the molecule is COc1cc(CCC(=O)Nc2cccc(COCC3CCCCO3)c2)ccc1OCC(F)(F)F. The number of carbonyl (C=O) groups excluding carboxylic acids is 1. The van der Waals surface area contributed by atoms with E-state index in [1.54, 1.807) is 12.1 Å². The van der Waals surface area contributed by atoms with Gasteiger partial charge >= 0.3 is 6.18 Å². The van der Waals surface area contributed by atoms with Gasteiger partial charge in [0.05, 0.1) is 26.4 Å². The van der Waals surface area contributed by atoms with Gasteiger partial charge in [-0.05, 0) is 61.1 Å². The van der Waals surface area contributed by atoms with Crippen molar-refractivity contribution in [2.45, 2.75) is 51.0 Å². The van der Waals surface area contributed by atoms with Crippen LogP contribution in [0.5, 0.6) is 11.5 Å². The lowest BCUT2D eigenvalue weighted by Crippen LogP contribution is -2.24. The number of ether oxygens (including phenoxy) is 4. The minimum Gasteiger partial charge on any atom is -0.493 e. The predicted molar refractivity (Wildman–Crippen MR) is 121 cm³/mol. The topological polar surface area (TPSA) is 66.0 Å². The Bertz CT molecular complexity index is 929. The summed E-state index contributed by atoms with van der Waals surface area (Å²) in [5.74, 6) is 0.0145. The normalized spacial score (nSPS) is 16.2. The standard InChI is InChI=1S/C25H30F3NO5/c1-31-23-14-18(8-10-22(23)34-17-25(26,27)28)9-11-24(30)29-20-6-4-5-19(13-20)15-32-16-21-7-2-3-12-33-21/h4-6,8,10,13-14,21H,2-3,7,9,11-12,15-17H2,1H3,(H,29,30). The maximum absolute atomic E-state index is 12.4. The lowest BCUT2D eigenvalue weighted by molar-refractivity contribution is -0.153. The Balaban J connectivity index is 1.45. The number of amides is 1. The number of halogens is 3. The molecule has 1 unspecified atom stereocenters. The van der Waals surface area contributed by atoms with Crippen LogP contribution in [0.15, 0.2) is 42.5 Å². The molecule has 3 rings (SSSR count). The number of carbonyl (C=O) groups is 1. The summed E-state index contributed by atoms with van der Waals surface area (Å²) in [6.45, 7) is 0.383. The molecule has 1 atom stereocenters. The number of anilines is 1. The van der Waals surface area contributed by atoms with Gasteiger partial charge in [-0.1, -0.05) is 18.2 Å². The fraction of sp³-hybridized carbons (Fsp3) is 0.480. The van der Waals surface area contributed by atoms with E-state index in [1.165, 1.54) is 13.2 Å². The van der Waals surface area contributed by atoms with E-state index in [9.17, 15) is 18.0 Å². The molecule has 186 valence electrons. The van der Waals surface area contributed by atoms with Crippen LogP contribution in [0.3, 0.4) is 0 Å². The van der Waals surface area contributed by atoms with Crippen molar-refractivity contribution in [1.29, 1.82) is 0 Å². The first-order valence-electron chi connectivity index (χ1n) is 11.3. The number of alkyl halides is 3. The highest BCUT2D eigenvalue weighted by Crippen LogP contribution is 2.30. The van der Waals surface area contributed by atoms with Crippen LogP contribution in [-0.2, 0) is 27.3 Å². The molecule has 1 aliphatic heterocycles. The molecule has 1 heterocycles. The van der Waals surface area contributed by atoms with Crippen LogP contribution >= 0.6 is 0 Å². The van der Waals surface area contributed by atoms with E-state index in [0.717, 1.165) is 37.0 Å². The quantitative estimate of drug-likeness (QED) is 0.472. The minimum atomic E-state index is -4.44. The lowest BCUT2D eigenvalue weighted by Gasteiger charge is -2.22. The molecule has 34 heavy (non-hydrogen) atoms. The smallest absolute Gasteiger partial charge is 0.422 e. The molecule has 1 fully saturated rings. The molecular weight excluding hydrogens is 451 g/mol. The van der Waals surface area contributed by atoms with Crippen LogP contribution in [0.2, 0.25) is 0 Å². The van der Waals surface area contributed by atoms with Gasteiger partial charge in [-0.3, -0.25) is 4.79 Å². The van der Waals surface area contributed by atoms with Gasteiger partial charge in [0.25, 0.3) is 0 Å². The van der Waals surface area contributed by atoms with Gasteiger partial charge in [0.15, 0.2) is 18.1 Å². The summed E-state index contributed by atoms with van der Waals surface area (Å²) in [4.78, 5) is 12.4. The van der Waals surface area contributed by atoms with Gasteiger partial charge in [0, 0.05) is 18.7 Å². The highest BCUT2D eigenvalue weighted by Gasteiger charge is 2.29. The Morgan fingerprint density at radius 1 is 1.12 bits per heavy atom. The third kappa shape index (κ3) is 8.87. The summed E-state index contributed by atoms with van der Waals surface area (Å²) in [5, 5.41) is 2.87. The number of rotatable bonds is 11. The van der Waals surface area contributed by atoms with Gasteiger partial charge in [0.2, 0.25) is 5.91 Å². The summed E-state index contributed by atoms with van der Waals surface area (Å²) in [7, 11) is 1.35. The molecule has 0 aliphatic carbocycles. The van der Waals surface area contributed by atoms with E-state index >= 15 is 0 Å². The van der Waals surface area contributed by atoms with Crippen molar-refractivity contribution in [3.8, 4) is 11.5 Å². The van der Waals surface area contributed by atoms with Gasteiger partial charge < -0.3 is 24.3 Å². The van der Waals surface area contributed by atoms with Crippen LogP contribution in [0.1, 0.15) is 36.8 Å². The molecule has 0 saturated carbocycles. The predicted octanol–water partition coefficient (Wildman–Crippen LogP) is 5.29. The zero-order valence-electron chi connectivity index (χ0n) is 19.2. The lowest BCUT2D eigenvalue weighted by atomic mass is 10.1. The molecule has 1 amide bonds. The van der Waals surface area contributed by atoms with Crippen LogP contribution in [-0.4, -0.2) is 45.1 Å². The molecule has 9 heteroatoms. The van der Waals surface area contributed by atoms with Crippen molar-refractivity contribution >= 4 is 11.6 Å². The third-order valence-corrected chi connectivity index (χ3v) is 5.32. The first-order valence-corrected chi connectivity index (χ1v) is 11.3. The molecule has 2 aromatic carbocycles. The maximum Gasteiger partial charge on any atom is 0.422 e. The van der Waals surface area contributed by atoms with E-state index < -0.39 is 12.8 Å². The van der Waals surface area contributed by atoms with E-state index in [1.807, 2.05) is 24.3 Å². The number of benzene rings is 2. The second-order valence-corrected chi connectivity index (χ2v) is 8.14. The molecule has 0 bridgehead atoms. The molecule has 6 nitrogen and oxygen atoms in total. The fourth-order valence-corrected chi connectivity index (χ4v) is 3.61. The van der Waals surface area contributed by atoms with Gasteiger partial charge in [-0.25, -0.2) is 0 Å². The van der Waals surface area contributed by atoms with Gasteiger partial charge in [-0.15, -0.1) is 0 Å². The average Bonchev–Trinajstić information content (AvgIpc) is 2.82. The highest BCUT2D eigenvalue weighted by atomic mass is 19.4. The van der Waals surface area contributed by atoms with E-state index in [-0.39, 0.29) is 29.9 Å². The Morgan fingerprint density at radius 2 is 1.97 bits per heavy atom. The number of aryl methyl sites for hydroxylation is 1. The number of hydrogen-bond acceptors (Lipinski definition) is 5. The van der Waals surface area contributed by atoms with Crippen molar-refractivity contribution in [3.05, 3.63) is 53.6 Å². The Morgan fingerprint density at radius 3 is 2.71 bits per heavy atom. The van der Waals surface area contributed by atoms with Crippen LogP contribution in [0.25, 0.3) is 0 Å². The summed E-state index contributed by atoms with van der Waals surface area (Å²) in [6.07, 6.45) is -0.399. The van der Waals surface area contributed by atoms with Gasteiger partial charge in [-0.2, -0.15) is 13.2 Å². The van der Waals surface area contributed by atoms with E-state index in [4.69, 9.17) is 18.9 Å². The summed E-state index contributed by atoms with van der Waals surface area (Å²) >= 11 is 0. The summed E-state index contributed by atoms with van der Waals surface area (Å²) < 4.78 is 58.5. The molecule has 1 saturated heterocycles. The molecule has 0 spiro atoms. The van der Waals surface area contributed by atoms with Crippen LogP contribution in [0, 0.1) is 0 Å². The second kappa shape index (κ2) is 12.6. The zero-order valence-corrected chi connectivity index (χ0v) is 19.2. The number of nitrogens with one attached hydrogen (secondary N) is 1. The van der Waals surface area contributed by atoms with Crippen molar-refractivity contribution in [2.75, 3.05) is 32.2 Å². The molecular formula is C25H30F3NO5. The summed E-state index contributed by atoms with van der Waals surface area (Å²) in [6, 6.07) is 12.1. The van der Waals surface area contributed by atoms with Crippen molar-refractivity contribution in [1.82, 2.24) is 0 Å². The van der Waals surface area contributed by atoms with E-state index in [2.05, 4.69) is 5.32 Å². The molecule has 0 radical (unpaired) electrons. The first kappa shape index (κ1) is 25.8. The second-order valence-electron chi connectivity index (χ2n) is 8.14. The highest BCUT2D eigenvalue weighted by molar-refractivity contribution is 5.90. The fourth-order valence-electron chi connectivity index (χ4n) is 3.61. The monoisotopic (exact) mass is 481 g/mol. The molecule has 2 aromatic rings. The molecule has 1 aliphatic rings. The maximum atomic E-state index is 12.4. The Kier molecular flexibility index (Phi) is 9.59. The van der Waals surface area contributed by atoms with E-state index in [0.29, 0.717) is 25.3 Å². The van der Waals surface area contributed by atoms with Gasteiger partial charge in [0.1, 0.15) is 0 Å². The Hall–Kier alpha value is -2.78. The summed E-state index contributed by atoms with van der Waals surface area (Å²) in [5.41, 5.74) is 2.37. The third-order valence-electron chi connectivity index (χ3n) is 5.32. The number of methoxy groups -OCH3 is 1. The number of hydrogen-bond donors (Lipinski definition) is 1. The zero-order chi connectivity index (χ0) is 24.4. The minimum absolute atomic E-state index is 0.00195. The first-order chi connectivity index (χ1) is 16.3. The van der Waals surface area contributed by atoms with Crippen molar-refractivity contribution in [3.63, 3.8) is 0 Å². The van der Waals surface area contributed by atoms with Crippen LogP contribution < -0.4 is 14.8 Å². The largest absolute Gasteiger partial charge is 0.493 e. The molecule has 0 aromatic heterocycles. The Labute approximate surface area is 197 Å². The van der Waals surface area contributed by atoms with Crippen molar-refractivity contribution < 1.29 is 36.9 Å². The van der Waals surface area contributed by atoms with Crippen LogP contribution in [0.4, 0.5) is 18.9 Å². The average molecular weight is 482 g/mol.